The first-order valence-corrected chi connectivity index (χ1v) is 3.48. The zero-order valence-corrected chi connectivity index (χ0v) is 6.41. The molecular formula is C8H11F3. The Morgan fingerprint density at radius 2 is 2.00 bits per heavy atom. The van der Waals surface area contributed by atoms with Crippen LogP contribution in [0.5, 0.6) is 0 Å². The summed E-state index contributed by atoms with van der Waals surface area (Å²) in [6, 6.07) is 0. The maximum absolute atomic E-state index is 11.5. The lowest BCUT2D eigenvalue weighted by molar-refractivity contribution is -0.135. The zero-order valence-electron chi connectivity index (χ0n) is 6.41. The molecule has 0 saturated heterocycles. The third-order valence-electron chi connectivity index (χ3n) is 1.09. The third-order valence-corrected chi connectivity index (χ3v) is 1.09. The Balaban J connectivity index is 3.36. The fraction of sp³-hybridized carbons (Fsp3) is 0.625. The average molecular weight is 164 g/mol. The smallest absolute Gasteiger partial charge is 0.171 e. The van der Waals surface area contributed by atoms with Crippen LogP contribution in [0.1, 0.15) is 26.2 Å². The van der Waals surface area contributed by atoms with E-state index in [-0.39, 0.29) is 6.42 Å². The molecule has 3 heteroatoms. The van der Waals surface area contributed by atoms with Gasteiger partial charge in [-0.1, -0.05) is 0 Å². The van der Waals surface area contributed by atoms with Crippen molar-refractivity contribution in [3.05, 3.63) is 17.9 Å². The molecule has 0 nitrogen and oxygen atoms in total. The highest BCUT2D eigenvalue weighted by Gasteiger charge is 2.25. The summed E-state index contributed by atoms with van der Waals surface area (Å²) in [4.78, 5) is 0. The number of alkyl halides is 3. The highest BCUT2D eigenvalue weighted by atomic mass is 19.4. The molecule has 0 amide bonds. The van der Waals surface area contributed by atoms with Gasteiger partial charge in [-0.15, -0.1) is 5.73 Å². The van der Waals surface area contributed by atoms with Gasteiger partial charge in [-0.2, -0.15) is 13.2 Å². The monoisotopic (exact) mass is 164 g/mol. The minimum absolute atomic E-state index is 0.157. The van der Waals surface area contributed by atoms with Gasteiger partial charge in [0.2, 0.25) is 0 Å². The van der Waals surface area contributed by atoms with Gasteiger partial charge in [-0.25, -0.2) is 0 Å². The molecule has 64 valence electrons. The first-order valence-electron chi connectivity index (χ1n) is 3.48. The number of hydrogen-bond donors (Lipinski definition) is 0. The van der Waals surface area contributed by atoms with Crippen LogP contribution in [0.3, 0.4) is 0 Å². The Morgan fingerprint density at radius 3 is 2.45 bits per heavy atom. The molecule has 0 aromatic rings. The van der Waals surface area contributed by atoms with E-state index in [1.165, 1.54) is 0 Å². The fourth-order valence-corrected chi connectivity index (χ4v) is 0.606. The number of allylic oxidation sites excluding steroid dienone is 1. The van der Waals surface area contributed by atoms with Gasteiger partial charge in [0.15, 0.2) is 0 Å². The molecular weight excluding hydrogens is 153 g/mol. The Labute approximate surface area is 64.4 Å². The molecule has 0 unspecified atom stereocenters. The number of rotatable bonds is 3. The molecule has 0 radical (unpaired) electrons. The van der Waals surface area contributed by atoms with Crippen molar-refractivity contribution in [1.82, 2.24) is 0 Å². The van der Waals surface area contributed by atoms with E-state index >= 15 is 0 Å². The standard InChI is InChI=1S/C8H11F3/c1-2-3-4-5-6-7-8(9,10)11/h2,4H,5-7H2,1H3. The molecule has 0 bridgehead atoms. The Morgan fingerprint density at radius 1 is 1.36 bits per heavy atom. The average Bonchev–Trinajstić information content (AvgIpc) is 1.85. The second-order valence-corrected chi connectivity index (χ2v) is 2.17. The van der Waals surface area contributed by atoms with Gasteiger partial charge < -0.3 is 0 Å². The van der Waals surface area contributed by atoms with E-state index in [2.05, 4.69) is 5.73 Å². The van der Waals surface area contributed by atoms with Crippen molar-refractivity contribution in [3.63, 3.8) is 0 Å². The topological polar surface area (TPSA) is 0 Å². The molecule has 11 heavy (non-hydrogen) atoms. The minimum atomic E-state index is -4.01. The van der Waals surface area contributed by atoms with Gasteiger partial charge in [-0.05, 0) is 31.9 Å². The van der Waals surface area contributed by atoms with Crippen molar-refractivity contribution < 1.29 is 13.2 Å². The molecule has 0 aromatic heterocycles. The third kappa shape index (κ3) is 9.31. The van der Waals surface area contributed by atoms with E-state index in [0.717, 1.165) is 0 Å². The van der Waals surface area contributed by atoms with Crippen molar-refractivity contribution >= 4 is 0 Å². The second-order valence-electron chi connectivity index (χ2n) is 2.17. The SMILES string of the molecule is CC=C=CCCCC(F)(F)F. The number of unbranched alkanes of at least 4 members (excludes halogenated alkanes) is 1. The van der Waals surface area contributed by atoms with Crippen molar-refractivity contribution in [1.29, 1.82) is 0 Å². The largest absolute Gasteiger partial charge is 0.389 e. The Hall–Kier alpha value is -0.690. The second kappa shape index (κ2) is 5.03. The molecule has 0 atom stereocenters. The maximum Gasteiger partial charge on any atom is 0.389 e. The highest BCUT2D eigenvalue weighted by molar-refractivity contribution is 4.81. The summed E-state index contributed by atoms with van der Waals surface area (Å²) in [5.74, 6) is 0. The van der Waals surface area contributed by atoms with Crippen LogP contribution in [-0.4, -0.2) is 6.18 Å². The molecule has 0 spiro atoms. The van der Waals surface area contributed by atoms with Gasteiger partial charge in [-0.3, -0.25) is 0 Å². The van der Waals surface area contributed by atoms with Crippen LogP contribution in [0.15, 0.2) is 17.9 Å². The van der Waals surface area contributed by atoms with Crippen LogP contribution in [0.25, 0.3) is 0 Å². The van der Waals surface area contributed by atoms with Crippen LogP contribution < -0.4 is 0 Å². The van der Waals surface area contributed by atoms with E-state index in [1.54, 1.807) is 19.1 Å². The molecule has 0 aliphatic rings. The minimum Gasteiger partial charge on any atom is -0.171 e. The van der Waals surface area contributed by atoms with Gasteiger partial charge in [0.25, 0.3) is 0 Å². The summed E-state index contributed by atoms with van der Waals surface area (Å²) < 4.78 is 34.6. The van der Waals surface area contributed by atoms with Crippen molar-refractivity contribution in [2.75, 3.05) is 0 Å². The molecule has 0 aromatic carbocycles. The summed E-state index contributed by atoms with van der Waals surface area (Å²) in [5.41, 5.74) is 2.72. The van der Waals surface area contributed by atoms with Crippen LogP contribution in [0.2, 0.25) is 0 Å². The van der Waals surface area contributed by atoms with Crippen molar-refractivity contribution in [2.24, 2.45) is 0 Å². The fourth-order valence-electron chi connectivity index (χ4n) is 0.606. The van der Waals surface area contributed by atoms with E-state index in [0.29, 0.717) is 6.42 Å². The lowest BCUT2D eigenvalue weighted by Gasteiger charge is -2.02. The Kier molecular flexibility index (Phi) is 4.71. The number of halogens is 3. The summed E-state index contributed by atoms with van der Waals surface area (Å²) in [6.45, 7) is 1.78. The molecule has 0 rings (SSSR count). The lowest BCUT2D eigenvalue weighted by atomic mass is 10.2. The van der Waals surface area contributed by atoms with Gasteiger partial charge in [0, 0.05) is 6.42 Å². The van der Waals surface area contributed by atoms with E-state index in [9.17, 15) is 13.2 Å². The number of hydrogen-bond acceptors (Lipinski definition) is 0. The summed E-state index contributed by atoms with van der Waals surface area (Å²) in [5, 5.41) is 0. The lowest BCUT2D eigenvalue weighted by Crippen LogP contribution is -2.05. The van der Waals surface area contributed by atoms with E-state index in [1.807, 2.05) is 0 Å². The van der Waals surface area contributed by atoms with Crippen LogP contribution >= 0.6 is 0 Å². The molecule has 0 N–H and O–H groups in total. The van der Waals surface area contributed by atoms with Crippen LogP contribution in [0.4, 0.5) is 13.2 Å². The van der Waals surface area contributed by atoms with Crippen molar-refractivity contribution in [3.8, 4) is 0 Å². The molecule has 0 saturated carbocycles. The highest BCUT2D eigenvalue weighted by Crippen LogP contribution is 2.21. The van der Waals surface area contributed by atoms with Gasteiger partial charge in [0.05, 0.1) is 0 Å². The first-order chi connectivity index (χ1) is 5.06. The Bertz CT molecular complexity index is 149. The maximum atomic E-state index is 11.5. The molecule has 0 fully saturated rings. The van der Waals surface area contributed by atoms with Crippen molar-refractivity contribution in [2.45, 2.75) is 32.4 Å². The molecule has 0 heterocycles. The zero-order chi connectivity index (χ0) is 8.74. The summed E-state index contributed by atoms with van der Waals surface area (Å²) in [7, 11) is 0. The first kappa shape index (κ1) is 10.3. The normalized spacial score (nSPS) is 10.5. The van der Waals surface area contributed by atoms with Crippen LogP contribution in [-0.2, 0) is 0 Å². The van der Waals surface area contributed by atoms with E-state index in [4.69, 9.17) is 0 Å². The predicted octanol–water partition coefficient (Wildman–Crippen LogP) is 3.45. The molecule has 0 aliphatic heterocycles. The van der Waals surface area contributed by atoms with Crippen LogP contribution in [0, 0.1) is 0 Å². The molecule has 0 aliphatic carbocycles. The van der Waals surface area contributed by atoms with Gasteiger partial charge >= 0.3 is 6.18 Å². The van der Waals surface area contributed by atoms with E-state index < -0.39 is 12.6 Å². The van der Waals surface area contributed by atoms with Gasteiger partial charge in [0.1, 0.15) is 0 Å². The summed E-state index contributed by atoms with van der Waals surface area (Å²) >= 11 is 0. The summed E-state index contributed by atoms with van der Waals surface area (Å²) in [6.07, 6.45) is -0.813. The predicted molar refractivity (Wildman–Crippen MR) is 38.2 cm³/mol. The quantitative estimate of drug-likeness (QED) is 0.442.